The zero-order chi connectivity index (χ0) is 19.1. The van der Waals surface area contributed by atoms with E-state index < -0.39 is 28.2 Å². The maximum Gasteiger partial charge on any atom is 0.329 e. The lowest BCUT2D eigenvalue weighted by Crippen LogP contribution is -2.32. The molecule has 10 nitrogen and oxygen atoms in total. The van der Waals surface area contributed by atoms with E-state index in [2.05, 4.69) is 10.4 Å². The highest BCUT2D eigenvalue weighted by Crippen LogP contribution is 2.25. The fourth-order valence-corrected chi connectivity index (χ4v) is 1.91. The number of anilines is 1. The smallest absolute Gasteiger partial charge is 0.329 e. The summed E-state index contributed by atoms with van der Waals surface area (Å²) in [7, 11) is 1.42. The minimum absolute atomic E-state index is 0.250. The van der Waals surface area contributed by atoms with Crippen LogP contribution in [-0.4, -0.2) is 35.2 Å². The molecular weight excluding hydrogens is 344 g/mol. The molecule has 0 bridgehead atoms. The van der Waals surface area contributed by atoms with Crippen LogP contribution in [-0.2, 0) is 9.59 Å². The third kappa shape index (κ3) is 4.54. The predicted molar refractivity (Wildman–Crippen MR) is 92.1 cm³/mol. The Morgan fingerprint density at radius 3 is 2.65 bits per heavy atom. The van der Waals surface area contributed by atoms with Crippen molar-refractivity contribution >= 4 is 29.4 Å². The number of hydrogen-bond acceptors (Lipinski definition) is 7. The number of nitro groups is 1. The van der Waals surface area contributed by atoms with Gasteiger partial charge in [-0.15, -0.1) is 0 Å². The molecule has 0 atom stereocenters. The van der Waals surface area contributed by atoms with Crippen LogP contribution in [0.4, 0.5) is 11.4 Å². The van der Waals surface area contributed by atoms with E-state index >= 15 is 0 Å². The highest BCUT2D eigenvalue weighted by molar-refractivity contribution is 6.39. The van der Waals surface area contributed by atoms with Crippen molar-refractivity contribution in [3.05, 3.63) is 58.1 Å². The number of nitrogens with zero attached hydrogens (tertiary/aromatic N) is 2. The number of benzene rings is 2. The second-order valence-corrected chi connectivity index (χ2v) is 4.86. The largest absolute Gasteiger partial charge is 0.502 e. The summed E-state index contributed by atoms with van der Waals surface area (Å²) in [6, 6.07) is 10.1. The van der Waals surface area contributed by atoms with E-state index in [0.717, 1.165) is 18.3 Å². The fraction of sp³-hybridized carbons (Fsp3) is 0.0625. The Labute approximate surface area is 147 Å². The number of hydrazone groups is 1. The maximum atomic E-state index is 11.8. The molecule has 0 saturated heterocycles. The lowest BCUT2D eigenvalue weighted by Gasteiger charge is -2.08. The molecule has 3 N–H and O–H groups in total. The normalized spacial score (nSPS) is 10.3. The van der Waals surface area contributed by atoms with Crippen LogP contribution in [0.15, 0.2) is 47.6 Å². The molecule has 2 amide bonds. The summed E-state index contributed by atoms with van der Waals surface area (Å²) in [5, 5.41) is 26.0. The minimum atomic E-state index is -1.04. The Balaban J connectivity index is 1.99. The Hall–Kier alpha value is -3.95. The van der Waals surface area contributed by atoms with Gasteiger partial charge in [0.2, 0.25) is 0 Å². The molecule has 0 aliphatic rings. The molecule has 0 unspecified atom stereocenters. The van der Waals surface area contributed by atoms with Crippen LogP contribution in [0.1, 0.15) is 5.56 Å². The predicted octanol–water partition coefficient (Wildman–Crippen LogP) is 1.40. The number of methoxy groups -OCH3 is 1. The number of para-hydroxylation sites is 2. The number of nitrogens with one attached hydrogen (secondary N) is 2. The Kier molecular flexibility index (Phi) is 5.83. The van der Waals surface area contributed by atoms with Crippen LogP contribution in [0.5, 0.6) is 11.5 Å². The number of carbonyl (C=O) groups is 2. The van der Waals surface area contributed by atoms with Gasteiger partial charge in [0.1, 0.15) is 5.75 Å². The van der Waals surface area contributed by atoms with Gasteiger partial charge in [-0.1, -0.05) is 12.1 Å². The second kappa shape index (κ2) is 8.24. The van der Waals surface area contributed by atoms with E-state index in [1.54, 1.807) is 24.3 Å². The van der Waals surface area contributed by atoms with Gasteiger partial charge in [0, 0.05) is 11.6 Å². The van der Waals surface area contributed by atoms with Crippen LogP contribution < -0.4 is 15.5 Å². The molecule has 2 rings (SSSR count). The second-order valence-electron chi connectivity index (χ2n) is 4.86. The first kappa shape index (κ1) is 18.4. The molecular formula is C16H14N4O6. The molecule has 0 fully saturated rings. The van der Waals surface area contributed by atoms with Crippen molar-refractivity contribution in [1.29, 1.82) is 0 Å². The molecule has 2 aromatic carbocycles. The molecule has 0 aliphatic carbocycles. The monoisotopic (exact) mass is 358 g/mol. The summed E-state index contributed by atoms with van der Waals surface area (Å²) in [6.45, 7) is 0. The first-order chi connectivity index (χ1) is 12.4. The summed E-state index contributed by atoms with van der Waals surface area (Å²) < 4.78 is 5.05. The van der Waals surface area contributed by atoms with E-state index in [1.807, 2.05) is 5.43 Å². The highest BCUT2D eigenvalue weighted by atomic mass is 16.6. The molecule has 134 valence electrons. The number of phenols is 1. The van der Waals surface area contributed by atoms with Crippen LogP contribution >= 0.6 is 0 Å². The fourth-order valence-electron chi connectivity index (χ4n) is 1.91. The SMILES string of the molecule is COc1ccccc1NC(=O)C(=O)N/N=C/c1ccc(O)c([N+](=O)[O-])c1. The first-order valence-electron chi connectivity index (χ1n) is 7.17. The minimum Gasteiger partial charge on any atom is -0.502 e. The zero-order valence-electron chi connectivity index (χ0n) is 13.5. The van der Waals surface area contributed by atoms with Gasteiger partial charge in [-0.3, -0.25) is 19.7 Å². The van der Waals surface area contributed by atoms with Crippen LogP contribution in [0.25, 0.3) is 0 Å². The molecule has 26 heavy (non-hydrogen) atoms. The van der Waals surface area contributed by atoms with Gasteiger partial charge in [0.25, 0.3) is 0 Å². The van der Waals surface area contributed by atoms with E-state index in [-0.39, 0.29) is 5.56 Å². The third-order valence-corrected chi connectivity index (χ3v) is 3.14. The Morgan fingerprint density at radius 1 is 1.23 bits per heavy atom. The molecule has 2 aromatic rings. The van der Waals surface area contributed by atoms with Crippen molar-refractivity contribution in [2.45, 2.75) is 0 Å². The molecule has 0 spiro atoms. The van der Waals surface area contributed by atoms with Crippen LogP contribution in [0.3, 0.4) is 0 Å². The van der Waals surface area contributed by atoms with Gasteiger partial charge in [-0.25, -0.2) is 5.43 Å². The Bertz CT molecular complexity index is 881. The van der Waals surface area contributed by atoms with Crippen molar-refractivity contribution in [2.24, 2.45) is 5.10 Å². The average Bonchev–Trinajstić information content (AvgIpc) is 2.63. The van der Waals surface area contributed by atoms with E-state index in [0.29, 0.717) is 11.4 Å². The van der Waals surface area contributed by atoms with Gasteiger partial charge >= 0.3 is 17.5 Å². The first-order valence-corrected chi connectivity index (χ1v) is 7.17. The van der Waals surface area contributed by atoms with Crippen molar-refractivity contribution in [1.82, 2.24) is 5.43 Å². The number of phenolic OH excluding ortho intramolecular Hbond substituents is 1. The van der Waals surface area contributed by atoms with Gasteiger partial charge < -0.3 is 15.2 Å². The number of carbonyl (C=O) groups excluding carboxylic acids is 2. The van der Waals surface area contributed by atoms with Gasteiger partial charge in [0.05, 0.1) is 23.9 Å². The topological polar surface area (TPSA) is 143 Å². The van der Waals surface area contributed by atoms with Gasteiger partial charge in [0.15, 0.2) is 5.75 Å². The number of ether oxygens (including phenoxy) is 1. The Morgan fingerprint density at radius 2 is 1.96 bits per heavy atom. The van der Waals surface area contributed by atoms with E-state index in [9.17, 15) is 24.8 Å². The molecule has 0 saturated carbocycles. The van der Waals surface area contributed by atoms with Crippen molar-refractivity contribution < 1.29 is 24.4 Å². The number of hydrogen-bond donors (Lipinski definition) is 3. The number of amides is 2. The van der Waals surface area contributed by atoms with E-state index in [4.69, 9.17) is 4.74 Å². The summed E-state index contributed by atoms with van der Waals surface area (Å²) in [5.74, 6) is -2.12. The average molecular weight is 358 g/mol. The van der Waals surface area contributed by atoms with Gasteiger partial charge in [-0.05, 0) is 24.3 Å². The number of aromatic hydroxyl groups is 1. The maximum absolute atomic E-state index is 11.8. The molecule has 0 aromatic heterocycles. The van der Waals surface area contributed by atoms with Crippen molar-refractivity contribution in [3.8, 4) is 11.5 Å². The summed E-state index contributed by atoms with van der Waals surface area (Å²) >= 11 is 0. The molecule has 0 heterocycles. The molecule has 0 aliphatic heterocycles. The van der Waals surface area contributed by atoms with Crippen LogP contribution in [0, 0.1) is 10.1 Å². The lowest BCUT2D eigenvalue weighted by atomic mass is 10.2. The molecule has 10 heteroatoms. The summed E-state index contributed by atoms with van der Waals surface area (Å²) in [5.41, 5.74) is 2.06. The summed E-state index contributed by atoms with van der Waals surface area (Å²) in [4.78, 5) is 33.6. The zero-order valence-corrected chi connectivity index (χ0v) is 13.5. The number of rotatable bonds is 5. The quantitative estimate of drug-likeness (QED) is 0.319. The van der Waals surface area contributed by atoms with Crippen molar-refractivity contribution in [3.63, 3.8) is 0 Å². The number of nitro benzene ring substituents is 1. The van der Waals surface area contributed by atoms with E-state index in [1.165, 1.54) is 13.2 Å². The third-order valence-electron chi connectivity index (χ3n) is 3.14. The standard InChI is InChI=1S/C16H14N4O6/c1-26-14-5-3-2-4-11(14)18-15(22)16(23)19-17-9-10-6-7-13(21)12(8-10)20(24)25/h2-9,21H,1H3,(H,18,22)(H,19,23)/b17-9+. The van der Waals surface area contributed by atoms with Crippen molar-refractivity contribution in [2.75, 3.05) is 12.4 Å². The summed E-state index contributed by atoms with van der Waals surface area (Å²) in [6.07, 6.45) is 1.10. The lowest BCUT2D eigenvalue weighted by molar-refractivity contribution is -0.385. The highest BCUT2D eigenvalue weighted by Gasteiger charge is 2.15. The van der Waals surface area contributed by atoms with Gasteiger partial charge in [-0.2, -0.15) is 5.10 Å². The van der Waals surface area contributed by atoms with Crippen LogP contribution in [0.2, 0.25) is 0 Å². The molecule has 0 radical (unpaired) electrons.